The third-order valence-corrected chi connectivity index (χ3v) is 3.71. The number of hydrogen-bond donors (Lipinski definition) is 1. The van der Waals surface area contributed by atoms with Gasteiger partial charge < -0.3 is 10.1 Å². The van der Waals surface area contributed by atoms with E-state index in [-0.39, 0.29) is 0 Å². The summed E-state index contributed by atoms with van der Waals surface area (Å²) < 4.78 is 5.21. The maximum Gasteiger partial charge on any atom is 0.343 e. The number of pyridine rings is 1. The number of carbonyl (C=O) groups is 2. The molecule has 1 amide bonds. The Morgan fingerprint density at radius 1 is 1.35 bits per heavy atom. The molecule has 9 nitrogen and oxygen atoms in total. The molecular weight excluding hydrogens is 366 g/mol. The van der Waals surface area contributed by atoms with E-state index in [1.165, 1.54) is 0 Å². The minimum Gasteiger partial charge on any atom is -0.465 e. The number of anilines is 1. The van der Waals surface area contributed by atoms with Crippen LogP contribution in [-0.4, -0.2) is 28.5 Å². The average molecular weight is 380 g/mol. The standard InChI is InChI=1S/C16H14ClN3O6/c1-9-3-4-13(12(17)5-9)18-14(21)8-19-7-10(20(24)25)6-11(15(19)22)16(23)26-2/h3-7H,8H2,1-2H3,(H,18,21). The highest BCUT2D eigenvalue weighted by Gasteiger charge is 2.21. The van der Waals surface area contributed by atoms with Gasteiger partial charge in [0.05, 0.1) is 28.9 Å². The molecule has 0 spiro atoms. The van der Waals surface area contributed by atoms with E-state index < -0.39 is 40.2 Å². The van der Waals surface area contributed by atoms with Crippen molar-refractivity contribution in [3.05, 3.63) is 67.1 Å². The predicted molar refractivity (Wildman–Crippen MR) is 93.5 cm³/mol. The van der Waals surface area contributed by atoms with Gasteiger partial charge in [-0.3, -0.25) is 24.3 Å². The molecule has 0 atom stereocenters. The lowest BCUT2D eigenvalue weighted by Gasteiger charge is -2.10. The normalized spacial score (nSPS) is 10.3. The molecule has 1 heterocycles. The van der Waals surface area contributed by atoms with Crippen LogP contribution in [0, 0.1) is 17.0 Å². The highest BCUT2D eigenvalue weighted by atomic mass is 35.5. The quantitative estimate of drug-likeness (QED) is 0.482. The molecule has 0 saturated heterocycles. The second kappa shape index (κ2) is 7.79. The van der Waals surface area contributed by atoms with E-state index in [0.29, 0.717) is 10.7 Å². The van der Waals surface area contributed by atoms with E-state index in [9.17, 15) is 24.5 Å². The van der Waals surface area contributed by atoms with Gasteiger partial charge in [-0.1, -0.05) is 17.7 Å². The first-order valence-electron chi connectivity index (χ1n) is 7.26. The predicted octanol–water partition coefficient (Wildman–Crippen LogP) is 2.14. The van der Waals surface area contributed by atoms with Gasteiger partial charge in [-0.2, -0.15) is 0 Å². The fourth-order valence-electron chi connectivity index (χ4n) is 2.16. The van der Waals surface area contributed by atoms with Gasteiger partial charge in [-0.25, -0.2) is 4.79 Å². The lowest BCUT2D eigenvalue weighted by Crippen LogP contribution is -2.31. The van der Waals surface area contributed by atoms with Crippen molar-refractivity contribution in [3.8, 4) is 0 Å². The number of amides is 1. The number of halogens is 1. The number of aromatic nitrogens is 1. The first-order chi connectivity index (χ1) is 12.2. The van der Waals surface area contributed by atoms with Crippen LogP contribution in [0.2, 0.25) is 5.02 Å². The van der Waals surface area contributed by atoms with E-state index in [2.05, 4.69) is 10.1 Å². The summed E-state index contributed by atoms with van der Waals surface area (Å²) >= 11 is 6.03. The SMILES string of the molecule is COC(=O)c1cc([N+](=O)[O-])cn(CC(=O)Nc2ccc(C)cc2Cl)c1=O. The monoisotopic (exact) mass is 379 g/mol. The van der Waals surface area contributed by atoms with Crippen LogP contribution in [0.5, 0.6) is 0 Å². The van der Waals surface area contributed by atoms with Crippen LogP contribution in [-0.2, 0) is 16.1 Å². The summed E-state index contributed by atoms with van der Waals surface area (Å²) in [6.45, 7) is 1.28. The summed E-state index contributed by atoms with van der Waals surface area (Å²) in [4.78, 5) is 46.3. The number of methoxy groups -OCH3 is 1. The third kappa shape index (κ3) is 4.25. The molecule has 1 aromatic heterocycles. The fraction of sp³-hybridized carbons (Fsp3) is 0.188. The van der Waals surface area contributed by atoms with E-state index in [1.807, 2.05) is 6.92 Å². The molecule has 2 aromatic rings. The van der Waals surface area contributed by atoms with Crippen molar-refractivity contribution < 1.29 is 19.2 Å². The molecule has 0 fully saturated rings. The van der Waals surface area contributed by atoms with Crippen molar-refractivity contribution in [3.63, 3.8) is 0 Å². The number of ether oxygens (including phenoxy) is 1. The summed E-state index contributed by atoms with van der Waals surface area (Å²) in [5.41, 5.74) is -0.721. The van der Waals surface area contributed by atoms with Crippen molar-refractivity contribution in [2.45, 2.75) is 13.5 Å². The highest BCUT2D eigenvalue weighted by molar-refractivity contribution is 6.33. The zero-order valence-electron chi connectivity index (χ0n) is 13.8. The second-order valence-corrected chi connectivity index (χ2v) is 5.73. The molecule has 0 aliphatic rings. The number of nitrogens with one attached hydrogen (secondary N) is 1. The van der Waals surface area contributed by atoms with Gasteiger partial charge in [0, 0.05) is 6.07 Å². The molecule has 136 valence electrons. The molecule has 2 rings (SSSR count). The van der Waals surface area contributed by atoms with Gasteiger partial charge in [-0.05, 0) is 24.6 Å². The summed E-state index contributed by atoms with van der Waals surface area (Å²) in [7, 11) is 1.04. The Morgan fingerprint density at radius 2 is 2.04 bits per heavy atom. The number of hydrogen-bond acceptors (Lipinski definition) is 6. The van der Waals surface area contributed by atoms with Gasteiger partial charge in [0.2, 0.25) is 5.91 Å². The van der Waals surface area contributed by atoms with Crippen molar-refractivity contribution in [2.75, 3.05) is 12.4 Å². The minimum absolute atomic E-state index is 0.306. The largest absolute Gasteiger partial charge is 0.465 e. The lowest BCUT2D eigenvalue weighted by atomic mass is 10.2. The molecule has 0 aliphatic heterocycles. The Labute approximate surface area is 152 Å². The van der Waals surface area contributed by atoms with Crippen LogP contribution in [0.25, 0.3) is 0 Å². The number of carbonyl (C=O) groups excluding carboxylic acids is 2. The summed E-state index contributed by atoms with van der Waals surface area (Å²) in [6.07, 6.45) is 0.880. The van der Waals surface area contributed by atoms with E-state index in [4.69, 9.17) is 11.6 Å². The van der Waals surface area contributed by atoms with Crippen molar-refractivity contribution in [1.82, 2.24) is 4.57 Å². The average Bonchev–Trinajstić information content (AvgIpc) is 2.58. The summed E-state index contributed by atoms with van der Waals surface area (Å²) in [5, 5.41) is 13.8. The molecule has 0 radical (unpaired) electrons. The smallest absolute Gasteiger partial charge is 0.343 e. The molecule has 0 aliphatic carbocycles. The molecule has 10 heteroatoms. The zero-order chi connectivity index (χ0) is 19.4. The minimum atomic E-state index is -1.03. The van der Waals surface area contributed by atoms with Crippen LogP contribution in [0.3, 0.4) is 0 Å². The van der Waals surface area contributed by atoms with Crippen LogP contribution in [0.15, 0.2) is 35.3 Å². The van der Waals surface area contributed by atoms with Crippen molar-refractivity contribution >= 4 is 34.9 Å². The van der Waals surface area contributed by atoms with Crippen LogP contribution < -0.4 is 10.9 Å². The van der Waals surface area contributed by atoms with Crippen molar-refractivity contribution in [1.29, 1.82) is 0 Å². The molecular formula is C16H14ClN3O6. The van der Waals surface area contributed by atoms with Crippen LogP contribution >= 0.6 is 11.6 Å². The first kappa shape index (κ1) is 19.1. The van der Waals surface area contributed by atoms with E-state index in [1.54, 1.807) is 18.2 Å². The number of nitro groups is 1. The van der Waals surface area contributed by atoms with Gasteiger partial charge in [0.1, 0.15) is 12.1 Å². The number of aryl methyl sites for hydroxylation is 1. The fourth-order valence-corrected chi connectivity index (χ4v) is 2.44. The third-order valence-electron chi connectivity index (χ3n) is 3.40. The number of nitrogens with zero attached hydrogens (tertiary/aromatic N) is 2. The van der Waals surface area contributed by atoms with Gasteiger partial charge in [0.15, 0.2) is 0 Å². The Morgan fingerprint density at radius 3 is 2.62 bits per heavy atom. The van der Waals surface area contributed by atoms with Gasteiger partial charge in [-0.15, -0.1) is 0 Å². The Balaban J connectivity index is 2.34. The maximum absolute atomic E-state index is 12.3. The topological polar surface area (TPSA) is 121 Å². The van der Waals surface area contributed by atoms with Crippen molar-refractivity contribution in [2.24, 2.45) is 0 Å². The molecule has 26 heavy (non-hydrogen) atoms. The molecule has 1 N–H and O–H groups in total. The Bertz CT molecular complexity index is 953. The second-order valence-electron chi connectivity index (χ2n) is 5.33. The molecule has 0 saturated carbocycles. The number of rotatable bonds is 5. The first-order valence-corrected chi connectivity index (χ1v) is 7.64. The number of benzene rings is 1. The molecule has 1 aromatic carbocycles. The summed E-state index contributed by atoms with van der Waals surface area (Å²) in [6, 6.07) is 5.77. The lowest BCUT2D eigenvalue weighted by molar-refractivity contribution is -0.385. The summed E-state index contributed by atoms with van der Waals surface area (Å²) in [5.74, 6) is -1.68. The molecule has 0 unspecified atom stereocenters. The zero-order valence-corrected chi connectivity index (χ0v) is 14.6. The highest BCUT2D eigenvalue weighted by Crippen LogP contribution is 2.22. The molecule has 0 bridgehead atoms. The number of esters is 1. The Hall–Kier alpha value is -3.20. The Kier molecular flexibility index (Phi) is 5.73. The van der Waals surface area contributed by atoms with E-state index >= 15 is 0 Å². The van der Waals surface area contributed by atoms with Crippen LogP contribution in [0.4, 0.5) is 11.4 Å². The van der Waals surface area contributed by atoms with E-state index in [0.717, 1.165) is 29.5 Å². The van der Waals surface area contributed by atoms with Gasteiger partial charge >= 0.3 is 5.97 Å². The van der Waals surface area contributed by atoms with Gasteiger partial charge in [0.25, 0.3) is 11.2 Å². The van der Waals surface area contributed by atoms with Crippen LogP contribution in [0.1, 0.15) is 15.9 Å². The maximum atomic E-state index is 12.3.